The van der Waals surface area contributed by atoms with Crippen LogP contribution < -0.4 is 15.8 Å². The fourth-order valence-electron chi connectivity index (χ4n) is 1.03. The Labute approximate surface area is 93.6 Å². The fourth-order valence-corrected chi connectivity index (χ4v) is 1.03. The zero-order valence-corrected chi connectivity index (χ0v) is 9.50. The smallest absolute Gasteiger partial charge is 0.408 e. The van der Waals surface area contributed by atoms with Crippen LogP contribution in [-0.4, -0.2) is 11.6 Å². The zero-order valence-electron chi connectivity index (χ0n) is 9.50. The molecule has 1 aromatic rings. The number of benzene rings is 1. The number of anilines is 1. The number of hydrogen-bond acceptors (Lipinski definition) is 3. The van der Waals surface area contributed by atoms with Crippen LogP contribution in [0.1, 0.15) is 20.8 Å². The Balaban J connectivity index is 2.73. The van der Waals surface area contributed by atoms with E-state index in [0.29, 0.717) is 0 Å². The van der Waals surface area contributed by atoms with Crippen LogP contribution in [0.2, 0.25) is 0 Å². The van der Waals surface area contributed by atoms with Gasteiger partial charge in [-0.1, -0.05) is 0 Å². The second-order valence-corrected chi connectivity index (χ2v) is 4.45. The summed E-state index contributed by atoms with van der Waals surface area (Å²) < 4.78 is 17.8. The van der Waals surface area contributed by atoms with E-state index in [9.17, 15) is 9.18 Å². The summed E-state index contributed by atoms with van der Waals surface area (Å²) in [6.45, 7) is 5.43. The van der Waals surface area contributed by atoms with Gasteiger partial charge in [0.15, 0.2) is 5.75 Å². The van der Waals surface area contributed by atoms with Crippen molar-refractivity contribution in [3.63, 3.8) is 0 Å². The molecule has 0 aromatic heterocycles. The van der Waals surface area contributed by atoms with Crippen LogP contribution in [0, 0.1) is 5.82 Å². The second kappa shape index (κ2) is 4.38. The molecule has 0 aliphatic rings. The molecule has 0 aliphatic carbocycles. The Morgan fingerprint density at radius 3 is 2.62 bits per heavy atom. The van der Waals surface area contributed by atoms with E-state index in [0.717, 1.165) is 6.07 Å². The van der Waals surface area contributed by atoms with Gasteiger partial charge in [0.25, 0.3) is 0 Å². The Bertz CT molecular complexity index is 399. The molecule has 0 spiro atoms. The van der Waals surface area contributed by atoms with Gasteiger partial charge in [0, 0.05) is 11.6 Å². The highest BCUT2D eigenvalue weighted by molar-refractivity contribution is 5.73. The summed E-state index contributed by atoms with van der Waals surface area (Å²) >= 11 is 0. The van der Waals surface area contributed by atoms with Gasteiger partial charge in [-0.3, -0.25) is 0 Å². The topological polar surface area (TPSA) is 64.3 Å². The van der Waals surface area contributed by atoms with Crippen molar-refractivity contribution < 1.29 is 13.9 Å². The molecule has 1 aromatic carbocycles. The first-order chi connectivity index (χ1) is 7.28. The number of amides is 1. The van der Waals surface area contributed by atoms with E-state index in [4.69, 9.17) is 10.5 Å². The predicted octanol–water partition coefficient (Wildman–Crippen LogP) is 2.29. The van der Waals surface area contributed by atoms with Gasteiger partial charge >= 0.3 is 6.09 Å². The summed E-state index contributed by atoms with van der Waals surface area (Å²) in [6, 6.07) is 3.61. The molecule has 5 heteroatoms. The van der Waals surface area contributed by atoms with Gasteiger partial charge in [0.05, 0.1) is 5.69 Å². The molecule has 0 bridgehead atoms. The first kappa shape index (κ1) is 12.3. The predicted molar refractivity (Wildman–Crippen MR) is 59.7 cm³/mol. The van der Waals surface area contributed by atoms with E-state index in [1.165, 1.54) is 12.1 Å². The van der Waals surface area contributed by atoms with Crippen LogP contribution in [0.15, 0.2) is 18.2 Å². The molecule has 0 unspecified atom stereocenters. The van der Waals surface area contributed by atoms with Gasteiger partial charge in [-0.05, 0) is 32.9 Å². The number of nitrogens with two attached hydrogens (primary N) is 1. The molecule has 0 aliphatic heterocycles. The van der Waals surface area contributed by atoms with Gasteiger partial charge < -0.3 is 15.8 Å². The third-order valence-corrected chi connectivity index (χ3v) is 1.66. The molecule has 0 saturated carbocycles. The Kier molecular flexibility index (Phi) is 3.37. The van der Waals surface area contributed by atoms with E-state index in [2.05, 4.69) is 5.32 Å². The van der Waals surface area contributed by atoms with Crippen molar-refractivity contribution in [3.8, 4) is 5.75 Å². The SMILES string of the molecule is CC(C)(C)NC(=O)Oc1cc(F)ccc1N. The summed E-state index contributed by atoms with van der Waals surface area (Å²) in [5.41, 5.74) is 5.33. The van der Waals surface area contributed by atoms with Crippen LogP contribution in [0.5, 0.6) is 5.75 Å². The number of ether oxygens (including phenoxy) is 1. The minimum absolute atomic E-state index is 0.0155. The molecule has 3 N–H and O–H groups in total. The van der Waals surface area contributed by atoms with Gasteiger partial charge in [-0.15, -0.1) is 0 Å². The maximum Gasteiger partial charge on any atom is 0.413 e. The zero-order chi connectivity index (χ0) is 12.3. The first-order valence-electron chi connectivity index (χ1n) is 4.83. The molecule has 0 saturated heterocycles. The summed E-state index contributed by atoms with van der Waals surface area (Å²) in [7, 11) is 0. The molecule has 88 valence electrons. The summed E-state index contributed by atoms with van der Waals surface area (Å²) in [5.74, 6) is -0.491. The lowest BCUT2D eigenvalue weighted by Crippen LogP contribution is -2.42. The highest BCUT2D eigenvalue weighted by Crippen LogP contribution is 2.22. The summed E-state index contributed by atoms with van der Waals surface area (Å²) in [4.78, 5) is 11.4. The average molecular weight is 226 g/mol. The second-order valence-electron chi connectivity index (χ2n) is 4.45. The molecule has 0 fully saturated rings. The minimum Gasteiger partial charge on any atom is -0.408 e. The average Bonchev–Trinajstić information content (AvgIpc) is 2.08. The lowest BCUT2D eigenvalue weighted by atomic mass is 10.1. The Morgan fingerprint density at radius 2 is 2.06 bits per heavy atom. The van der Waals surface area contributed by atoms with Crippen LogP contribution in [0.25, 0.3) is 0 Å². The Morgan fingerprint density at radius 1 is 1.44 bits per heavy atom. The lowest BCUT2D eigenvalue weighted by molar-refractivity contribution is 0.191. The monoisotopic (exact) mass is 226 g/mol. The largest absolute Gasteiger partial charge is 0.413 e. The number of halogens is 1. The van der Waals surface area contributed by atoms with Crippen molar-refractivity contribution in [1.82, 2.24) is 5.32 Å². The standard InChI is InChI=1S/C11H15FN2O2/c1-11(2,3)14-10(15)16-9-6-7(12)4-5-8(9)13/h4-6H,13H2,1-3H3,(H,14,15). The summed E-state index contributed by atoms with van der Waals surface area (Å²) in [6.07, 6.45) is -0.662. The maximum atomic E-state index is 12.9. The first-order valence-corrected chi connectivity index (χ1v) is 4.83. The van der Waals surface area contributed by atoms with Crippen molar-refractivity contribution in [2.75, 3.05) is 5.73 Å². The van der Waals surface area contributed by atoms with Gasteiger partial charge in [0.2, 0.25) is 0 Å². The number of carbonyl (C=O) groups is 1. The van der Waals surface area contributed by atoms with Gasteiger partial charge in [-0.2, -0.15) is 0 Å². The molecule has 0 heterocycles. The van der Waals surface area contributed by atoms with Gasteiger partial charge in [0.1, 0.15) is 5.82 Å². The van der Waals surface area contributed by atoms with Gasteiger partial charge in [-0.25, -0.2) is 9.18 Å². The molecule has 0 atom stereocenters. The van der Waals surface area contributed by atoms with E-state index < -0.39 is 17.4 Å². The lowest BCUT2D eigenvalue weighted by Gasteiger charge is -2.20. The number of rotatable bonds is 1. The highest BCUT2D eigenvalue weighted by atomic mass is 19.1. The normalized spacial score (nSPS) is 11.0. The maximum absolute atomic E-state index is 12.9. The van der Waals surface area contributed by atoms with E-state index in [1.807, 2.05) is 20.8 Å². The molecule has 4 nitrogen and oxygen atoms in total. The molecular formula is C11H15FN2O2. The van der Waals surface area contributed by atoms with Crippen LogP contribution >= 0.6 is 0 Å². The molecule has 16 heavy (non-hydrogen) atoms. The number of nitrogen functional groups attached to an aromatic ring is 1. The molecular weight excluding hydrogens is 211 g/mol. The van der Waals surface area contributed by atoms with E-state index >= 15 is 0 Å². The van der Waals surface area contributed by atoms with E-state index in [-0.39, 0.29) is 11.4 Å². The Hall–Kier alpha value is -1.78. The van der Waals surface area contributed by atoms with Crippen molar-refractivity contribution in [1.29, 1.82) is 0 Å². The molecule has 1 rings (SSSR count). The van der Waals surface area contributed by atoms with Crippen molar-refractivity contribution in [2.45, 2.75) is 26.3 Å². The third-order valence-electron chi connectivity index (χ3n) is 1.66. The highest BCUT2D eigenvalue weighted by Gasteiger charge is 2.16. The third kappa shape index (κ3) is 3.76. The van der Waals surface area contributed by atoms with Crippen molar-refractivity contribution in [2.24, 2.45) is 0 Å². The van der Waals surface area contributed by atoms with E-state index in [1.54, 1.807) is 0 Å². The number of nitrogens with one attached hydrogen (secondary N) is 1. The quantitative estimate of drug-likeness (QED) is 0.722. The molecule has 0 radical (unpaired) electrons. The van der Waals surface area contributed by atoms with Crippen LogP contribution in [0.4, 0.5) is 14.9 Å². The fraction of sp³-hybridized carbons (Fsp3) is 0.364. The van der Waals surface area contributed by atoms with Crippen molar-refractivity contribution in [3.05, 3.63) is 24.0 Å². The summed E-state index contributed by atoms with van der Waals surface area (Å²) in [5, 5.41) is 2.58. The van der Waals surface area contributed by atoms with Crippen LogP contribution in [0.3, 0.4) is 0 Å². The number of hydrogen-bond donors (Lipinski definition) is 2. The van der Waals surface area contributed by atoms with Crippen LogP contribution in [-0.2, 0) is 0 Å². The minimum atomic E-state index is -0.662. The molecule has 1 amide bonds. The van der Waals surface area contributed by atoms with Crippen molar-refractivity contribution >= 4 is 11.8 Å². The number of carbonyl (C=O) groups excluding carboxylic acids is 1.